The van der Waals surface area contributed by atoms with E-state index in [4.69, 9.17) is 5.11 Å². The zero-order valence-corrected chi connectivity index (χ0v) is 8.54. The summed E-state index contributed by atoms with van der Waals surface area (Å²) in [7, 11) is 0. The van der Waals surface area contributed by atoms with Crippen molar-refractivity contribution in [2.24, 2.45) is 0 Å². The van der Waals surface area contributed by atoms with Crippen molar-refractivity contribution in [1.29, 1.82) is 0 Å². The molecular weight excluding hydrogens is 218 g/mol. The molecule has 0 aliphatic heterocycles. The first-order valence-electron chi connectivity index (χ1n) is 4.38. The van der Waals surface area contributed by atoms with E-state index < -0.39 is 0 Å². The summed E-state index contributed by atoms with van der Waals surface area (Å²) < 4.78 is 7.69. The number of hydrogen-bond donors (Lipinski definition) is 3. The van der Waals surface area contributed by atoms with E-state index in [9.17, 15) is 4.79 Å². The molecule has 15 heavy (non-hydrogen) atoms. The lowest BCUT2D eigenvalue weighted by Gasteiger charge is -2.02. The van der Waals surface area contributed by atoms with Gasteiger partial charge >= 0.3 is 0 Å². The number of aromatic nitrogens is 4. The van der Waals surface area contributed by atoms with Crippen molar-refractivity contribution in [3.8, 4) is 0 Å². The van der Waals surface area contributed by atoms with Gasteiger partial charge in [-0.2, -0.15) is 13.7 Å². The van der Waals surface area contributed by atoms with Gasteiger partial charge in [-0.25, -0.2) is 0 Å². The van der Waals surface area contributed by atoms with E-state index in [0.29, 0.717) is 24.6 Å². The number of aliphatic hydroxyl groups is 1. The molecule has 8 heteroatoms. The summed E-state index contributed by atoms with van der Waals surface area (Å²) in [6.45, 7) is 0.639. The lowest BCUT2D eigenvalue weighted by molar-refractivity contribution is 0.292. The number of fused-ring (bicyclic) bond motifs is 1. The van der Waals surface area contributed by atoms with Crippen LogP contribution in [0.3, 0.4) is 0 Å². The van der Waals surface area contributed by atoms with Crippen LogP contribution >= 0.6 is 11.7 Å². The molecule has 2 rings (SSSR count). The molecule has 0 spiro atoms. The Balaban J connectivity index is 2.25. The molecule has 0 aliphatic rings. The minimum Gasteiger partial charge on any atom is -0.396 e. The van der Waals surface area contributed by atoms with E-state index in [0.717, 1.165) is 11.7 Å². The van der Waals surface area contributed by atoms with Crippen molar-refractivity contribution < 1.29 is 5.11 Å². The summed E-state index contributed by atoms with van der Waals surface area (Å²) in [5, 5.41) is 11.5. The zero-order chi connectivity index (χ0) is 10.7. The molecule has 3 N–H and O–H groups in total. The standard InChI is InChI=1S/C7H9N5O2S/c13-3-1-2-8-7-9-5-4(6(14)10-7)11-15-12-5/h13H,1-3H2,(H2,8,9,10,12,14). The van der Waals surface area contributed by atoms with Crippen molar-refractivity contribution in [3.05, 3.63) is 10.4 Å². The molecule has 0 atom stereocenters. The van der Waals surface area contributed by atoms with E-state index in [2.05, 4.69) is 24.0 Å². The number of nitrogens with one attached hydrogen (secondary N) is 2. The van der Waals surface area contributed by atoms with Crippen LogP contribution in [0.5, 0.6) is 0 Å². The molecule has 2 aromatic rings. The minimum absolute atomic E-state index is 0.0950. The fourth-order valence-electron chi connectivity index (χ4n) is 1.07. The molecule has 0 saturated carbocycles. The van der Waals surface area contributed by atoms with Crippen LogP contribution in [0.2, 0.25) is 0 Å². The molecule has 0 aromatic carbocycles. The fraction of sp³-hybridized carbons (Fsp3) is 0.429. The Kier molecular flexibility index (Phi) is 2.88. The molecular formula is C7H9N5O2S. The highest BCUT2D eigenvalue weighted by Gasteiger charge is 2.06. The number of anilines is 1. The van der Waals surface area contributed by atoms with Crippen LogP contribution in [0.4, 0.5) is 5.95 Å². The first kappa shape index (κ1) is 9.99. The maximum absolute atomic E-state index is 11.4. The quantitative estimate of drug-likeness (QED) is 0.612. The molecule has 0 fully saturated rings. The van der Waals surface area contributed by atoms with E-state index >= 15 is 0 Å². The fourth-order valence-corrected chi connectivity index (χ4v) is 1.56. The second-order valence-corrected chi connectivity index (χ2v) is 3.38. The van der Waals surface area contributed by atoms with Gasteiger partial charge in [0.1, 0.15) is 0 Å². The number of aromatic amines is 1. The van der Waals surface area contributed by atoms with Crippen molar-refractivity contribution in [3.63, 3.8) is 0 Å². The van der Waals surface area contributed by atoms with E-state index in [-0.39, 0.29) is 17.7 Å². The van der Waals surface area contributed by atoms with Crippen LogP contribution in [0.15, 0.2) is 4.79 Å². The lowest BCUT2D eigenvalue weighted by Crippen LogP contribution is -2.14. The topological polar surface area (TPSA) is 104 Å². The summed E-state index contributed by atoms with van der Waals surface area (Å²) >= 11 is 0.954. The van der Waals surface area contributed by atoms with E-state index in [1.165, 1.54) is 0 Å². The van der Waals surface area contributed by atoms with Crippen LogP contribution in [0, 0.1) is 0 Å². The van der Waals surface area contributed by atoms with Gasteiger partial charge in [0, 0.05) is 13.2 Å². The van der Waals surface area contributed by atoms with E-state index in [1.807, 2.05) is 0 Å². The van der Waals surface area contributed by atoms with Crippen LogP contribution < -0.4 is 10.9 Å². The normalized spacial score (nSPS) is 10.7. The minimum atomic E-state index is -0.305. The van der Waals surface area contributed by atoms with Crippen molar-refractivity contribution >= 4 is 28.8 Å². The van der Waals surface area contributed by atoms with Crippen LogP contribution in [-0.4, -0.2) is 37.0 Å². The smallest absolute Gasteiger partial charge is 0.281 e. The van der Waals surface area contributed by atoms with Gasteiger partial charge in [0.05, 0.1) is 11.7 Å². The van der Waals surface area contributed by atoms with Gasteiger partial charge in [-0.15, -0.1) is 0 Å². The van der Waals surface area contributed by atoms with Gasteiger partial charge in [-0.1, -0.05) is 0 Å². The Hall–Kier alpha value is -1.54. The molecule has 7 nitrogen and oxygen atoms in total. The van der Waals surface area contributed by atoms with Crippen LogP contribution in [-0.2, 0) is 0 Å². The Morgan fingerprint density at radius 3 is 3.13 bits per heavy atom. The monoisotopic (exact) mass is 227 g/mol. The third-order valence-corrected chi connectivity index (χ3v) is 2.28. The van der Waals surface area contributed by atoms with Gasteiger partial charge in [-0.05, 0) is 6.42 Å². The number of rotatable bonds is 4. The average molecular weight is 227 g/mol. The first-order chi connectivity index (χ1) is 7.31. The second kappa shape index (κ2) is 4.32. The Labute approximate surface area is 88.5 Å². The predicted molar refractivity (Wildman–Crippen MR) is 56.0 cm³/mol. The number of H-pyrrole nitrogens is 1. The molecule has 0 bridgehead atoms. The molecule has 0 unspecified atom stereocenters. The van der Waals surface area contributed by atoms with Crippen molar-refractivity contribution in [2.45, 2.75) is 6.42 Å². The van der Waals surface area contributed by atoms with Crippen LogP contribution in [0.25, 0.3) is 11.2 Å². The Morgan fingerprint density at radius 1 is 1.47 bits per heavy atom. The highest BCUT2D eigenvalue weighted by molar-refractivity contribution is 7.00. The molecule has 80 valence electrons. The van der Waals surface area contributed by atoms with Crippen LogP contribution in [0.1, 0.15) is 6.42 Å². The molecule has 0 amide bonds. The lowest BCUT2D eigenvalue weighted by atomic mass is 10.4. The van der Waals surface area contributed by atoms with Gasteiger partial charge in [0.2, 0.25) is 11.6 Å². The van der Waals surface area contributed by atoms with E-state index in [1.54, 1.807) is 0 Å². The largest absolute Gasteiger partial charge is 0.396 e. The molecule has 0 radical (unpaired) electrons. The maximum atomic E-state index is 11.4. The molecule has 0 aliphatic carbocycles. The highest BCUT2D eigenvalue weighted by atomic mass is 32.1. The van der Waals surface area contributed by atoms with Gasteiger partial charge in [0.25, 0.3) is 5.56 Å². The molecule has 2 heterocycles. The molecule has 2 aromatic heterocycles. The summed E-state index contributed by atoms with van der Waals surface area (Å²) in [5.41, 5.74) is 0.295. The SMILES string of the molecule is O=c1[nH]c(NCCCO)nc2nsnc12. The Bertz CT molecular complexity index is 507. The number of nitrogens with zero attached hydrogens (tertiary/aromatic N) is 3. The Morgan fingerprint density at radius 2 is 2.33 bits per heavy atom. The number of aliphatic hydroxyl groups excluding tert-OH is 1. The maximum Gasteiger partial charge on any atom is 0.281 e. The van der Waals surface area contributed by atoms with Gasteiger partial charge < -0.3 is 10.4 Å². The second-order valence-electron chi connectivity index (χ2n) is 2.85. The summed E-state index contributed by atoms with van der Waals surface area (Å²) in [5.74, 6) is 0.355. The highest BCUT2D eigenvalue weighted by Crippen LogP contribution is 2.04. The molecule has 0 saturated heterocycles. The first-order valence-corrected chi connectivity index (χ1v) is 5.11. The average Bonchev–Trinajstić information content (AvgIpc) is 2.66. The summed E-state index contributed by atoms with van der Waals surface area (Å²) in [6.07, 6.45) is 0.594. The third-order valence-electron chi connectivity index (χ3n) is 1.76. The third kappa shape index (κ3) is 2.10. The summed E-state index contributed by atoms with van der Waals surface area (Å²) in [6, 6.07) is 0. The van der Waals surface area contributed by atoms with Gasteiger partial charge in [-0.3, -0.25) is 9.78 Å². The van der Waals surface area contributed by atoms with Crippen molar-refractivity contribution in [1.82, 2.24) is 18.7 Å². The summed E-state index contributed by atoms with van der Waals surface area (Å²) in [4.78, 5) is 18.0. The van der Waals surface area contributed by atoms with Crippen molar-refractivity contribution in [2.75, 3.05) is 18.5 Å². The van der Waals surface area contributed by atoms with Gasteiger partial charge in [0.15, 0.2) is 5.52 Å². The predicted octanol–water partition coefficient (Wildman–Crippen LogP) is -0.431. The number of hydrogen-bond acceptors (Lipinski definition) is 7. The zero-order valence-electron chi connectivity index (χ0n) is 7.73.